The van der Waals surface area contributed by atoms with Crippen molar-refractivity contribution in [2.24, 2.45) is 0 Å². The third-order valence-electron chi connectivity index (χ3n) is 9.56. The molecule has 4 aromatic heterocycles. The van der Waals surface area contributed by atoms with Crippen LogP contribution in [0.5, 0.6) is 0 Å². The molecular formula is C44H24N4O2S. The van der Waals surface area contributed by atoms with Crippen molar-refractivity contribution in [1.82, 2.24) is 19.9 Å². The first-order valence-electron chi connectivity index (χ1n) is 16.7. The Balaban J connectivity index is 1.09. The molecule has 0 aliphatic heterocycles. The average molecular weight is 673 g/mol. The van der Waals surface area contributed by atoms with Crippen molar-refractivity contribution < 1.29 is 8.83 Å². The van der Waals surface area contributed by atoms with Gasteiger partial charge in [0.1, 0.15) is 27.3 Å². The predicted octanol–water partition coefficient (Wildman–Crippen LogP) is 12.1. The lowest BCUT2D eigenvalue weighted by atomic mass is 10.0. The molecule has 7 aromatic carbocycles. The summed E-state index contributed by atoms with van der Waals surface area (Å²) in [5.74, 6) is 1.68. The standard InChI is InChI=1S/C44H24N4O2S/c1-2-11-26(12-3-1)41-46-42(31-16-9-19-36-39(31)30-14-6-7-18-35(30)49-36)48-43(47-41)32-17-8-15-29-33-23-34-38(24-37(33)50-40(29)32)51-44(45-34)28-21-20-25-10-4-5-13-27(25)22-28/h1-24H. The number of nitrogens with zero attached hydrogens (tertiary/aromatic N) is 4. The maximum atomic E-state index is 6.69. The monoisotopic (exact) mass is 672 g/mol. The highest BCUT2D eigenvalue weighted by Crippen LogP contribution is 2.41. The lowest BCUT2D eigenvalue weighted by molar-refractivity contribution is 0.669. The summed E-state index contributed by atoms with van der Waals surface area (Å²) < 4.78 is 14.0. The van der Waals surface area contributed by atoms with Gasteiger partial charge in [-0.3, -0.25) is 0 Å². The summed E-state index contributed by atoms with van der Waals surface area (Å²) in [6.45, 7) is 0. The number of thiazole rings is 1. The first kappa shape index (κ1) is 28.2. The molecule has 0 bridgehead atoms. The molecule has 0 saturated carbocycles. The third-order valence-corrected chi connectivity index (χ3v) is 10.6. The van der Waals surface area contributed by atoms with E-state index in [0.29, 0.717) is 17.5 Å². The van der Waals surface area contributed by atoms with Crippen molar-refractivity contribution in [3.05, 3.63) is 146 Å². The van der Waals surface area contributed by atoms with Crippen LogP contribution in [-0.2, 0) is 0 Å². The number of fused-ring (bicyclic) bond motifs is 8. The summed E-state index contributed by atoms with van der Waals surface area (Å²) in [7, 11) is 0. The van der Waals surface area contributed by atoms with Crippen molar-refractivity contribution in [1.29, 1.82) is 0 Å². The Labute approximate surface area is 294 Å². The average Bonchev–Trinajstić information content (AvgIpc) is 3.89. The molecule has 0 amide bonds. The molecule has 4 heterocycles. The molecule has 0 atom stereocenters. The van der Waals surface area contributed by atoms with Crippen molar-refractivity contribution in [2.45, 2.75) is 0 Å². The Kier molecular flexibility index (Phi) is 6.02. The van der Waals surface area contributed by atoms with Gasteiger partial charge in [0.15, 0.2) is 17.5 Å². The van der Waals surface area contributed by atoms with Crippen molar-refractivity contribution in [3.8, 4) is 44.7 Å². The lowest BCUT2D eigenvalue weighted by Gasteiger charge is -2.09. The first-order chi connectivity index (χ1) is 25.2. The zero-order chi connectivity index (χ0) is 33.5. The second-order valence-electron chi connectivity index (χ2n) is 12.6. The molecule has 11 rings (SSSR count). The second-order valence-corrected chi connectivity index (χ2v) is 13.7. The van der Waals surface area contributed by atoms with Gasteiger partial charge in [0.2, 0.25) is 0 Å². The zero-order valence-corrected chi connectivity index (χ0v) is 27.7. The molecule has 0 aliphatic rings. The van der Waals surface area contributed by atoms with E-state index in [-0.39, 0.29) is 0 Å². The summed E-state index contributed by atoms with van der Waals surface area (Å²) in [6.07, 6.45) is 0. The molecule has 0 N–H and O–H groups in total. The van der Waals surface area contributed by atoms with Crippen LogP contribution in [0.2, 0.25) is 0 Å². The van der Waals surface area contributed by atoms with Gasteiger partial charge in [0, 0.05) is 44.3 Å². The summed E-state index contributed by atoms with van der Waals surface area (Å²) in [5, 5.41) is 7.38. The SMILES string of the molecule is c1ccc(-c2nc(-c3cccc4c3oc3cc5sc(-c6ccc7ccccc7c6)nc5cc34)nc(-c3cccc4oc5ccccc5c34)n2)cc1. The van der Waals surface area contributed by atoms with Crippen LogP contribution in [0.25, 0.3) is 110 Å². The fraction of sp³-hybridized carbons (Fsp3) is 0. The number of para-hydroxylation sites is 2. The summed E-state index contributed by atoms with van der Waals surface area (Å²) in [6, 6.07) is 49.4. The normalized spacial score (nSPS) is 11.9. The van der Waals surface area contributed by atoms with E-state index in [9.17, 15) is 0 Å². The highest BCUT2D eigenvalue weighted by Gasteiger charge is 2.21. The molecule has 6 nitrogen and oxygen atoms in total. The molecule has 0 radical (unpaired) electrons. The van der Waals surface area contributed by atoms with E-state index in [2.05, 4.69) is 66.7 Å². The van der Waals surface area contributed by atoms with Gasteiger partial charge in [0.05, 0.1) is 15.8 Å². The first-order valence-corrected chi connectivity index (χ1v) is 17.5. The fourth-order valence-electron chi connectivity index (χ4n) is 7.14. The van der Waals surface area contributed by atoms with Gasteiger partial charge in [-0.1, -0.05) is 109 Å². The van der Waals surface area contributed by atoms with E-state index in [1.165, 1.54) is 10.8 Å². The topological polar surface area (TPSA) is 77.8 Å². The Bertz CT molecular complexity index is 3160. The van der Waals surface area contributed by atoms with Gasteiger partial charge < -0.3 is 8.83 Å². The predicted molar refractivity (Wildman–Crippen MR) is 207 cm³/mol. The van der Waals surface area contributed by atoms with Crippen molar-refractivity contribution in [2.75, 3.05) is 0 Å². The maximum Gasteiger partial charge on any atom is 0.167 e. The molecule has 0 unspecified atom stereocenters. The van der Waals surface area contributed by atoms with E-state index in [4.69, 9.17) is 28.8 Å². The van der Waals surface area contributed by atoms with Crippen LogP contribution in [0.15, 0.2) is 154 Å². The van der Waals surface area contributed by atoms with Gasteiger partial charge in [-0.2, -0.15) is 0 Å². The minimum Gasteiger partial charge on any atom is -0.456 e. The molecule has 238 valence electrons. The summed E-state index contributed by atoms with van der Waals surface area (Å²) in [4.78, 5) is 20.3. The van der Waals surface area contributed by atoms with E-state index in [0.717, 1.165) is 81.4 Å². The van der Waals surface area contributed by atoms with E-state index < -0.39 is 0 Å². The maximum absolute atomic E-state index is 6.69. The number of furan rings is 2. The molecule has 11 aromatic rings. The smallest absolute Gasteiger partial charge is 0.167 e. The Morgan fingerprint density at radius 3 is 2.08 bits per heavy atom. The van der Waals surface area contributed by atoms with Crippen LogP contribution in [0.3, 0.4) is 0 Å². The largest absolute Gasteiger partial charge is 0.456 e. The van der Waals surface area contributed by atoms with E-state index >= 15 is 0 Å². The molecule has 0 aliphatic carbocycles. The molecule has 0 saturated heterocycles. The lowest BCUT2D eigenvalue weighted by Crippen LogP contribution is -2.00. The quantitative estimate of drug-likeness (QED) is 0.185. The molecule has 51 heavy (non-hydrogen) atoms. The van der Waals surface area contributed by atoms with Crippen LogP contribution in [0.4, 0.5) is 0 Å². The summed E-state index contributed by atoms with van der Waals surface area (Å²) >= 11 is 1.67. The van der Waals surface area contributed by atoms with Gasteiger partial charge in [-0.15, -0.1) is 11.3 Å². The molecule has 7 heteroatoms. The van der Waals surface area contributed by atoms with Crippen LogP contribution in [0.1, 0.15) is 0 Å². The number of hydrogen-bond acceptors (Lipinski definition) is 7. The third kappa shape index (κ3) is 4.49. The van der Waals surface area contributed by atoms with Crippen LogP contribution >= 0.6 is 11.3 Å². The van der Waals surface area contributed by atoms with Gasteiger partial charge in [-0.05, 0) is 41.1 Å². The highest BCUT2D eigenvalue weighted by molar-refractivity contribution is 7.21. The zero-order valence-electron chi connectivity index (χ0n) is 26.9. The van der Waals surface area contributed by atoms with Gasteiger partial charge in [0.25, 0.3) is 0 Å². The number of aromatic nitrogens is 4. The van der Waals surface area contributed by atoms with Crippen molar-refractivity contribution in [3.63, 3.8) is 0 Å². The molecular weight excluding hydrogens is 649 g/mol. The van der Waals surface area contributed by atoms with Crippen molar-refractivity contribution >= 4 is 76.2 Å². The van der Waals surface area contributed by atoms with Crippen LogP contribution in [0, 0.1) is 0 Å². The summed E-state index contributed by atoms with van der Waals surface area (Å²) in [5.41, 5.74) is 7.75. The van der Waals surface area contributed by atoms with Gasteiger partial charge >= 0.3 is 0 Å². The minimum absolute atomic E-state index is 0.534. The fourth-order valence-corrected chi connectivity index (χ4v) is 8.11. The minimum atomic E-state index is 0.534. The Morgan fingerprint density at radius 2 is 1.16 bits per heavy atom. The van der Waals surface area contributed by atoms with E-state index in [1.54, 1.807) is 11.3 Å². The van der Waals surface area contributed by atoms with Crippen LogP contribution < -0.4 is 0 Å². The van der Waals surface area contributed by atoms with Crippen LogP contribution in [-0.4, -0.2) is 19.9 Å². The number of hydrogen-bond donors (Lipinski definition) is 0. The number of rotatable bonds is 4. The number of benzene rings is 7. The Hall–Kier alpha value is -6.70. The van der Waals surface area contributed by atoms with E-state index in [1.807, 2.05) is 78.9 Å². The molecule has 0 spiro atoms. The van der Waals surface area contributed by atoms with Gasteiger partial charge in [-0.25, -0.2) is 19.9 Å². The Morgan fingerprint density at radius 1 is 0.431 bits per heavy atom. The highest BCUT2D eigenvalue weighted by atomic mass is 32.1. The molecule has 0 fully saturated rings. The second kappa shape index (κ2) is 10.9.